The van der Waals surface area contributed by atoms with E-state index in [1.807, 2.05) is 11.0 Å². The molecule has 1 amide bonds. The Morgan fingerprint density at radius 3 is 2.56 bits per heavy atom. The molecule has 2 atom stereocenters. The number of rotatable bonds is 7. The number of halogens is 3. The number of aliphatic hydroxyl groups excluding tert-OH is 2. The first-order valence-electron chi connectivity index (χ1n) is 10.9. The highest BCUT2D eigenvalue weighted by Gasteiger charge is 2.27. The summed E-state index contributed by atoms with van der Waals surface area (Å²) in [5, 5.41) is 21.8. The molecule has 0 saturated heterocycles. The lowest BCUT2D eigenvalue weighted by atomic mass is 10.0. The highest BCUT2D eigenvalue weighted by molar-refractivity contribution is 5.98. The van der Waals surface area contributed by atoms with Gasteiger partial charge in [0.2, 0.25) is 0 Å². The number of aromatic nitrogens is 1. The van der Waals surface area contributed by atoms with Crippen LogP contribution in [0, 0.1) is 17.5 Å². The minimum atomic E-state index is -1.49. The van der Waals surface area contributed by atoms with Crippen LogP contribution < -0.4 is 10.2 Å². The minimum absolute atomic E-state index is 0.189. The summed E-state index contributed by atoms with van der Waals surface area (Å²) in [5.74, 6) is -3.74. The predicted octanol–water partition coefficient (Wildman–Crippen LogP) is 3.26. The maximum absolute atomic E-state index is 13.6. The van der Waals surface area contributed by atoms with Crippen LogP contribution in [0.3, 0.4) is 0 Å². The molecule has 0 unspecified atom stereocenters. The van der Waals surface area contributed by atoms with Crippen molar-refractivity contribution in [2.45, 2.75) is 31.9 Å². The molecule has 3 aromatic rings. The van der Waals surface area contributed by atoms with Gasteiger partial charge in [-0.2, -0.15) is 0 Å². The first-order valence-corrected chi connectivity index (χ1v) is 10.9. The number of anilines is 2. The fraction of sp³-hybridized carbons (Fsp3) is 0.280. The maximum Gasteiger partial charge on any atom is 0.252 e. The Labute approximate surface area is 194 Å². The molecule has 0 spiro atoms. The predicted molar refractivity (Wildman–Crippen MR) is 121 cm³/mol. The normalized spacial score (nSPS) is 14.6. The topological polar surface area (TPSA) is 85.7 Å². The molecule has 0 saturated carbocycles. The van der Waals surface area contributed by atoms with Crippen molar-refractivity contribution >= 4 is 17.4 Å². The number of carbonyl (C=O) groups is 1. The van der Waals surface area contributed by atoms with E-state index in [-0.39, 0.29) is 18.9 Å². The number of nitrogens with one attached hydrogen (secondary N) is 1. The number of amides is 1. The van der Waals surface area contributed by atoms with Gasteiger partial charge in [0.15, 0.2) is 17.5 Å². The van der Waals surface area contributed by atoms with E-state index in [0.29, 0.717) is 29.9 Å². The summed E-state index contributed by atoms with van der Waals surface area (Å²) in [4.78, 5) is 19.2. The van der Waals surface area contributed by atoms with Gasteiger partial charge in [-0.05, 0) is 72.9 Å². The summed E-state index contributed by atoms with van der Waals surface area (Å²) in [5.41, 5.74) is 3.10. The van der Waals surface area contributed by atoms with Crippen LogP contribution in [-0.4, -0.2) is 46.4 Å². The quantitative estimate of drug-likeness (QED) is 0.461. The van der Waals surface area contributed by atoms with Crippen molar-refractivity contribution in [3.63, 3.8) is 0 Å². The van der Waals surface area contributed by atoms with Crippen LogP contribution in [0.2, 0.25) is 0 Å². The molecular weight excluding hydrogens is 447 g/mol. The van der Waals surface area contributed by atoms with E-state index in [0.717, 1.165) is 28.9 Å². The smallest absolute Gasteiger partial charge is 0.252 e. The number of benzene rings is 2. The Morgan fingerprint density at radius 2 is 1.88 bits per heavy atom. The van der Waals surface area contributed by atoms with Crippen LogP contribution in [0.1, 0.15) is 34.0 Å². The third-order valence-corrected chi connectivity index (χ3v) is 5.91. The summed E-state index contributed by atoms with van der Waals surface area (Å²) in [7, 11) is 0. The van der Waals surface area contributed by atoms with Gasteiger partial charge in [0.05, 0.1) is 18.8 Å². The molecule has 1 aliphatic heterocycles. The fourth-order valence-corrected chi connectivity index (χ4v) is 4.11. The second-order valence-electron chi connectivity index (χ2n) is 8.28. The Balaban J connectivity index is 1.58. The molecule has 0 bridgehead atoms. The van der Waals surface area contributed by atoms with E-state index in [1.165, 1.54) is 6.92 Å². The largest absolute Gasteiger partial charge is 0.394 e. The summed E-state index contributed by atoms with van der Waals surface area (Å²) in [6, 6.07) is 9.98. The molecule has 34 heavy (non-hydrogen) atoms. The summed E-state index contributed by atoms with van der Waals surface area (Å²) >= 11 is 0. The van der Waals surface area contributed by atoms with Crippen molar-refractivity contribution in [2.75, 3.05) is 18.1 Å². The highest BCUT2D eigenvalue weighted by Crippen LogP contribution is 2.36. The number of nitrogens with zero attached hydrogens (tertiary/aromatic N) is 2. The monoisotopic (exact) mass is 471 g/mol. The van der Waals surface area contributed by atoms with Crippen LogP contribution in [0.25, 0.3) is 0 Å². The van der Waals surface area contributed by atoms with Gasteiger partial charge in [0, 0.05) is 24.0 Å². The lowest BCUT2D eigenvalue weighted by Crippen LogP contribution is -2.44. The van der Waals surface area contributed by atoms with E-state index < -0.39 is 29.6 Å². The van der Waals surface area contributed by atoms with Crippen LogP contribution in [0.4, 0.5) is 24.7 Å². The van der Waals surface area contributed by atoms with E-state index in [2.05, 4.69) is 10.3 Å². The average Bonchev–Trinajstić information content (AvgIpc) is 3.25. The molecule has 2 aromatic carbocycles. The number of hydrogen-bond acceptors (Lipinski definition) is 5. The van der Waals surface area contributed by atoms with Gasteiger partial charge in [-0.1, -0.05) is 6.07 Å². The van der Waals surface area contributed by atoms with Gasteiger partial charge < -0.3 is 20.4 Å². The molecule has 2 heterocycles. The molecule has 1 aromatic heterocycles. The molecule has 3 N–H and O–H groups in total. The third-order valence-electron chi connectivity index (χ3n) is 5.91. The van der Waals surface area contributed by atoms with Crippen LogP contribution >= 0.6 is 0 Å². The number of pyridine rings is 1. The summed E-state index contributed by atoms with van der Waals surface area (Å²) in [6.07, 6.45) is 1.45. The third kappa shape index (κ3) is 4.76. The molecule has 9 heteroatoms. The zero-order chi connectivity index (χ0) is 24.4. The summed E-state index contributed by atoms with van der Waals surface area (Å²) in [6.45, 7) is 1.67. The molecule has 6 nitrogen and oxygen atoms in total. The van der Waals surface area contributed by atoms with Crippen LogP contribution in [0.5, 0.6) is 0 Å². The number of carbonyl (C=O) groups excluding carboxylic acids is 1. The van der Waals surface area contributed by atoms with E-state index in [4.69, 9.17) is 0 Å². The first-order chi connectivity index (χ1) is 16.3. The van der Waals surface area contributed by atoms with Gasteiger partial charge >= 0.3 is 0 Å². The number of hydrogen-bond donors (Lipinski definition) is 3. The van der Waals surface area contributed by atoms with Crippen molar-refractivity contribution in [3.8, 4) is 0 Å². The van der Waals surface area contributed by atoms with Gasteiger partial charge in [-0.25, -0.2) is 18.2 Å². The zero-order valence-corrected chi connectivity index (χ0v) is 18.4. The molecule has 0 aliphatic carbocycles. The number of aliphatic hydroxyl groups is 2. The van der Waals surface area contributed by atoms with Gasteiger partial charge in [-0.3, -0.25) is 4.79 Å². The zero-order valence-electron chi connectivity index (χ0n) is 18.4. The second-order valence-corrected chi connectivity index (χ2v) is 8.28. The minimum Gasteiger partial charge on any atom is -0.394 e. The highest BCUT2D eigenvalue weighted by atomic mass is 19.2. The van der Waals surface area contributed by atoms with Crippen LogP contribution in [0.15, 0.2) is 48.7 Å². The van der Waals surface area contributed by atoms with E-state index >= 15 is 0 Å². The molecule has 0 fully saturated rings. The van der Waals surface area contributed by atoms with Crippen molar-refractivity contribution < 1.29 is 28.2 Å². The van der Waals surface area contributed by atoms with Gasteiger partial charge in [-0.15, -0.1) is 0 Å². The maximum atomic E-state index is 13.6. The van der Waals surface area contributed by atoms with Gasteiger partial charge in [0.25, 0.3) is 5.91 Å². The van der Waals surface area contributed by atoms with Crippen molar-refractivity contribution in [3.05, 3.63) is 88.4 Å². The SMILES string of the molecule is C[C@H](O)[C@@H](CO)NC(=O)c1cccc2c1CCN2c1cc(Cc2cc(F)c(F)c(F)c2)ccn1. The fourth-order valence-electron chi connectivity index (χ4n) is 4.11. The standard InChI is InChI=1S/C25H24F3N3O3/c1-14(33)21(13-32)30-25(34)18-3-2-4-22-17(18)6-8-31(22)23-12-15(5-7-29-23)9-16-10-19(26)24(28)20(27)11-16/h2-5,7,10-12,14,21,32-33H,6,8-9,13H2,1H3,(H,30,34)/t14-,21+/m0/s1. The Kier molecular flexibility index (Phi) is 6.85. The lowest BCUT2D eigenvalue weighted by molar-refractivity contribution is 0.0757. The number of fused-ring (bicyclic) bond motifs is 1. The molecule has 1 aliphatic rings. The summed E-state index contributed by atoms with van der Waals surface area (Å²) < 4.78 is 40.4. The molecule has 4 rings (SSSR count). The first kappa shape index (κ1) is 23.7. The second kappa shape index (κ2) is 9.82. The Hall–Kier alpha value is -3.43. The molecule has 178 valence electrons. The van der Waals surface area contributed by atoms with Crippen molar-refractivity contribution in [2.24, 2.45) is 0 Å². The van der Waals surface area contributed by atoms with Gasteiger partial charge in [0.1, 0.15) is 5.82 Å². The average molecular weight is 471 g/mol. The van der Waals surface area contributed by atoms with Crippen molar-refractivity contribution in [1.82, 2.24) is 10.3 Å². The van der Waals surface area contributed by atoms with Crippen LogP contribution in [-0.2, 0) is 12.8 Å². The Morgan fingerprint density at radius 1 is 1.15 bits per heavy atom. The van der Waals surface area contributed by atoms with E-state index in [1.54, 1.807) is 30.5 Å². The molecular formula is C25H24F3N3O3. The molecule has 0 radical (unpaired) electrons. The Bertz CT molecular complexity index is 1200. The van der Waals surface area contributed by atoms with E-state index in [9.17, 15) is 28.2 Å². The lowest BCUT2D eigenvalue weighted by Gasteiger charge is -2.21. The van der Waals surface area contributed by atoms with Crippen molar-refractivity contribution in [1.29, 1.82) is 0 Å².